The molecule has 350 valence electrons. The minimum atomic E-state index is -0.871. The average Bonchev–Trinajstić information content (AvgIpc) is 3.84. The maximum Gasteiger partial charge on any atom is -0.000718 e. The molecule has 0 unspecified atom stereocenters. The van der Waals surface area contributed by atoms with E-state index in [2.05, 4.69) is 259 Å². The van der Waals surface area contributed by atoms with Crippen molar-refractivity contribution in [3.05, 3.63) is 198 Å². The van der Waals surface area contributed by atoms with Gasteiger partial charge in [0.2, 0.25) is 0 Å². The highest BCUT2D eigenvalue weighted by Gasteiger charge is 2.31. The number of fused-ring (bicyclic) bond motifs is 8. The number of rotatable bonds is 5. The van der Waals surface area contributed by atoms with E-state index in [1.54, 1.807) is 0 Å². The lowest BCUT2D eigenvalue weighted by Gasteiger charge is -2.28. The van der Waals surface area contributed by atoms with Gasteiger partial charge in [-0.25, -0.2) is 0 Å². The molecule has 0 bridgehead atoms. The summed E-state index contributed by atoms with van der Waals surface area (Å²) in [6.45, 7) is 28.5. The highest BCUT2D eigenvalue weighted by atomic mass is 31.1. The van der Waals surface area contributed by atoms with E-state index >= 15 is 0 Å². The fourth-order valence-electron chi connectivity index (χ4n) is 11.8. The van der Waals surface area contributed by atoms with Crippen molar-refractivity contribution in [3.63, 3.8) is 0 Å². The Hall–Kier alpha value is -6.59. The maximum absolute atomic E-state index is 2.61. The molecule has 0 radical (unpaired) electrons. The molecule has 0 atom stereocenters. The first kappa shape index (κ1) is 45.5. The van der Waals surface area contributed by atoms with Gasteiger partial charge < -0.3 is 0 Å². The predicted molar refractivity (Wildman–Crippen MR) is 316 cm³/mol. The van der Waals surface area contributed by atoms with Gasteiger partial charge >= 0.3 is 0 Å². The summed E-state index contributed by atoms with van der Waals surface area (Å²) in [4.78, 5) is 0. The molecule has 0 saturated heterocycles. The maximum atomic E-state index is 2.61. The second kappa shape index (κ2) is 16.0. The summed E-state index contributed by atoms with van der Waals surface area (Å²) < 4.78 is 0. The third-order valence-corrected chi connectivity index (χ3v) is 18.2. The van der Waals surface area contributed by atoms with Crippen molar-refractivity contribution in [2.45, 2.75) is 105 Å². The first-order chi connectivity index (χ1) is 33.8. The highest BCUT2D eigenvalue weighted by Crippen LogP contribution is 2.56. The standard InChI is InChI=1S/C70H65P/c1-67(2,3)44-35-42(36-45(39-44)68(4,5)6)60-58-41-57-51-28-20-19-27-50(51)52-29-21-31-54(62(52)57)64(58)61(43-37-46(69(7,8)9)40-47(38-43)70(10,11)12)66-56-33-34-59(53-30-22-32-55(63(53)56)65(60)66)71(48-23-15-13-16-24-48)49-25-17-14-18-26-49/h13-41H,1-12H3. The van der Waals surface area contributed by atoms with Crippen molar-refractivity contribution >= 4 is 99.2 Å². The highest BCUT2D eigenvalue weighted by molar-refractivity contribution is 7.80. The van der Waals surface area contributed by atoms with Crippen molar-refractivity contribution in [2.75, 3.05) is 0 Å². The van der Waals surface area contributed by atoms with Crippen LogP contribution in [0.5, 0.6) is 0 Å². The molecule has 0 nitrogen and oxygen atoms in total. The SMILES string of the molecule is CC(C)(C)c1cc(-c2c3cc4c5ccccc5c5cccc(c3c(-c3cc(C(C)(C)C)cc(C(C)(C)C)c3)c3c6ccc(P(c7ccccc7)c7ccccc7)c7cccc(c23)c76)c54)cc(C(C)(C)C)c1. The molecule has 0 aliphatic heterocycles. The first-order valence-corrected chi connectivity index (χ1v) is 27.1. The predicted octanol–water partition coefficient (Wildman–Crippen LogP) is 18.9. The van der Waals surface area contributed by atoms with Crippen LogP contribution in [0, 0.1) is 0 Å². The van der Waals surface area contributed by atoms with Gasteiger partial charge in [-0.05, 0) is 171 Å². The Morgan fingerprint density at radius 2 is 0.634 bits per heavy atom. The molecular formula is C70H65P. The molecule has 1 heteroatoms. The Kier molecular flexibility index (Phi) is 10.2. The third kappa shape index (κ3) is 7.27. The molecule has 0 N–H and O–H groups in total. The largest absolute Gasteiger partial charge is 0.0622 e. The lowest BCUT2D eigenvalue weighted by atomic mass is 9.76. The molecule has 0 heterocycles. The van der Waals surface area contributed by atoms with Crippen LogP contribution in [-0.4, -0.2) is 0 Å². The minimum absolute atomic E-state index is 0.0653. The monoisotopic (exact) mass is 936 g/mol. The van der Waals surface area contributed by atoms with Crippen LogP contribution in [0.3, 0.4) is 0 Å². The van der Waals surface area contributed by atoms with Gasteiger partial charge in [-0.15, -0.1) is 0 Å². The van der Waals surface area contributed by atoms with E-state index in [1.807, 2.05) is 0 Å². The van der Waals surface area contributed by atoms with Crippen LogP contribution >= 0.6 is 7.92 Å². The fourth-order valence-corrected chi connectivity index (χ4v) is 14.3. The summed E-state index contributed by atoms with van der Waals surface area (Å²) in [5.74, 6) is 0. The van der Waals surface area contributed by atoms with E-state index in [0.717, 1.165) is 0 Å². The Labute approximate surface area is 422 Å². The Morgan fingerprint density at radius 1 is 0.254 bits per heavy atom. The molecule has 0 aliphatic carbocycles. The second-order valence-electron chi connectivity index (χ2n) is 24.6. The zero-order valence-electron chi connectivity index (χ0n) is 43.7. The van der Waals surface area contributed by atoms with Gasteiger partial charge in [0, 0.05) is 0 Å². The molecule has 12 rings (SSSR count). The van der Waals surface area contributed by atoms with Crippen LogP contribution in [0.1, 0.15) is 105 Å². The van der Waals surface area contributed by atoms with Crippen molar-refractivity contribution in [1.29, 1.82) is 0 Å². The van der Waals surface area contributed by atoms with Gasteiger partial charge in [-0.1, -0.05) is 253 Å². The first-order valence-electron chi connectivity index (χ1n) is 25.8. The molecule has 0 saturated carbocycles. The summed E-state index contributed by atoms with van der Waals surface area (Å²) in [6, 6.07) is 68.7. The fraction of sp³-hybridized carbons (Fsp3) is 0.229. The van der Waals surface area contributed by atoms with E-state index in [4.69, 9.17) is 0 Å². The summed E-state index contributed by atoms with van der Waals surface area (Å²) in [5, 5.41) is 22.9. The molecule has 0 fully saturated rings. The summed E-state index contributed by atoms with van der Waals surface area (Å²) in [7, 11) is -0.871. The normalized spacial score (nSPS) is 13.2. The van der Waals surface area contributed by atoms with Crippen LogP contribution in [-0.2, 0) is 21.7 Å². The van der Waals surface area contributed by atoms with Gasteiger partial charge in [0.1, 0.15) is 0 Å². The van der Waals surface area contributed by atoms with Crippen molar-refractivity contribution in [2.24, 2.45) is 0 Å². The van der Waals surface area contributed by atoms with E-state index in [-0.39, 0.29) is 21.7 Å². The Bertz CT molecular complexity index is 3950. The molecule has 0 spiro atoms. The van der Waals surface area contributed by atoms with Gasteiger partial charge in [0.25, 0.3) is 0 Å². The quantitative estimate of drug-likeness (QED) is 0.119. The van der Waals surface area contributed by atoms with Gasteiger partial charge in [-0.3, -0.25) is 0 Å². The minimum Gasteiger partial charge on any atom is -0.0622 e. The van der Waals surface area contributed by atoms with Gasteiger partial charge in [0.15, 0.2) is 0 Å². The topological polar surface area (TPSA) is 0 Å². The lowest BCUT2D eigenvalue weighted by Crippen LogP contribution is -2.21. The molecule has 0 aliphatic rings. The zero-order valence-corrected chi connectivity index (χ0v) is 44.6. The molecule has 0 amide bonds. The van der Waals surface area contributed by atoms with E-state index < -0.39 is 7.92 Å². The molecular weight excluding hydrogens is 872 g/mol. The van der Waals surface area contributed by atoms with Gasteiger partial charge in [-0.2, -0.15) is 0 Å². The smallest absolute Gasteiger partial charge is 0.000718 e. The van der Waals surface area contributed by atoms with Crippen molar-refractivity contribution < 1.29 is 0 Å². The lowest BCUT2D eigenvalue weighted by molar-refractivity contribution is 0.568. The van der Waals surface area contributed by atoms with Crippen LogP contribution < -0.4 is 15.9 Å². The summed E-state index contributed by atoms with van der Waals surface area (Å²) in [5.41, 5.74) is 10.5. The number of benzene rings is 10. The Morgan fingerprint density at radius 3 is 1.14 bits per heavy atom. The Balaban J connectivity index is 1.38. The van der Waals surface area contributed by atoms with Crippen LogP contribution in [0.4, 0.5) is 0 Å². The average molecular weight is 937 g/mol. The molecule has 0 aromatic heterocycles. The van der Waals surface area contributed by atoms with E-state index in [9.17, 15) is 0 Å². The molecule has 12 aromatic carbocycles. The van der Waals surface area contributed by atoms with Crippen LogP contribution in [0.2, 0.25) is 0 Å². The van der Waals surface area contributed by atoms with Crippen LogP contribution in [0.25, 0.3) is 97.7 Å². The summed E-state index contributed by atoms with van der Waals surface area (Å²) >= 11 is 0. The van der Waals surface area contributed by atoms with Crippen LogP contribution in [0.15, 0.2) is 176 Å². The zero-order chi connectivity index (χ0) is 49.5. The van der Waals surface area contributed by atoms with Gasteiger partial charge in [0.05, 0.1) is 0 Å². The van der Waals surface area contributed by atoms with E-state index in [1.165, 1.54) is 136 Å². The van der Waals surface area contributed by atoms with Crippen molar-refractivity contribution in [1.82, 2.24) is 0 Å². The summed E-state index contributed by atoms with van der Waals surface area (Å²) in [6.07, 6.45) is 0. The van der Waals surface area contributed by atoms with E-state index in [0.29, 0.717) is 0 Å². The molecule has 71 heavy (non-hydrogen) atoms. The van der Waals surface area contributed by atoms with Crippen molar-refractivity contribution in [3.8, 4) is 22.3 Å². The number of hydrogen-bond donors (Lipinski definition) is 0. The third-order valence-electron chi connectivity index (χ3n) is 15.7. The second-order valence-corrected chi connectivity index (χ2v) is 26.8. The number of hydrogen-bond acceptors (Lipinski definition) is 0. The molecule has 12 aromatic rings.